The molecular weight excluding hydrogens is 390 g/mol. The first-order chi connectivity index (χ1) is 14.4. The highest BCUT2D eigenvalue weighted by molar-refractivity contribution is 5.89. The maximum atomic E-state index is 12.5. The van der Waals surface area contributed by atoms with Crippen molar-refractivity contribution in [1.82, 2.24) is 9.97 Å². The first kappa shape index (κ1) is 21.2. The van der Waals surface area contributed by atoms with Crippen molar-refractivity contribution in [1.29, 1.82) is 5.26 Å². The summed E-state index contributed by atoms with van der Waals surface area (Å²) in [5.74, 6) is -1.21. The monoisotopic (exact) mass is 411 g/mol. The van der Waals surface area contributed by atoms with Crippen LogP contribution < -0.4 is 20.9 Å². The fourth-order valence-corrected chi connectivity index (χ4v) is 2.96. The van der Waals surface area contributed by atoms with Crippen LogP contribution in [0.5, 0.6) is 11.5 Å². The molecule has 4 N–H and O–H groups in total. The third-order valence-corrected chi connectivity index (χ3v) is 4.46. The molecule has 1 aromatic heterocycles. The summed E-state index contributed by atoms with van der Waals surface area (Å²) in [6.45, 7) is 1.88. The first-order valence-corrected chi connectivity index (χ1v) is 9.36. The van der Waals surface area contributed by atoms with Gasteiger partial charge in [-0.15, -0.1) is 0 Å². The van der Waals surface area contributed by atoms with Crippen LogP contribution in [0.4, 0.5) is 0 Å². The molecule has 1 aliphatic rings. The van der Waals surface area contributed by atoms with Crippen molar-refractivity contribution < 1.29 is 23.8 Å². The molecule has 1 aromatic carbocycles. The zero-order chi connectivity index (χ0) is 21.7. The van der Waals surface area contributed by atoms with Crippen LogP contribution in [0.3, 0.4) is 0 Å². The van der Waals surface area contributed by atoms with Crippen molar-refractivity contribution in [3.05, 3.63) is 47.5 Å². The number of benzene rings is 1. The SMILES string of the molecule is CCCC(C(=O)OC(=O)CC(N)c1ccc2c(c1)OC(N)O2)c1ncc(C#N)cn1. The summed E-state index contributed by atoms with van der Waals surface area (Å²) < 4.78 is 15.5. The predicted molar refractivity (Wildman–Crippen MR) is 103 cm³/mol. The summed E-state index contributed by atoms with van der Waals surface area (Å²) >= 11 is 0. The molecule has 0 radical (unpaired) electrons. The minimum Gasteiger partial charge on any atom is -0.438 e. The van der Waals surface area contributed by atoms with Crippen LogP contribution in [0.15, 0.2) is 30.6 Å². The molecule has 1 aliphatic heterocycles. The summed E-state index contributed by atoms with van der Waals surface area (Å²) in [6.07, 6.45) is 2.59. The van der Waals surface area contributed by atoms with E-state index < -0.39 is 30.3 Å². The summed E-state index contributed by atoms with van der Waals surface area (Å²) in [6, 6.07) is 6.16. The van der Waals surface area contributed by atoms with E-state index in [2.05, 4.69) is 9.97 Å². The van der Waals surface area contributed by atoms with Crippen LogP contribution in [0, 0.1) is 11.3 Å². The van der Waals surface area contributed by atoms with E-state index in [0.717, 1.165) is 0 Å². The zero-order valence-corrected chi connectivity index (χ0v) is 16.3. The van der Waals surface area contributed by atoms with Gasteiger partial charge in [-0.2, -0.15) is 5.26 Å². The lowest BCUT2D eigenvalue weighted by molar-refractivity contribution is -0.161. The highest BCUT2D eigenvalue weighted by atomic mass is 16.7. The van der Waals surface area contributed by atoms with Gasteiger partial charge in [0.1, 0.15) is 17.8 Å². The van der Waals surface area contributed by atoms with Crippen molar-refractivity contribution in [3.63, 3.8) is 0 Å². The van der Waals surface area contributed by atoms with E-state index >= 15 is 0 Å². The molecule has 0 fully saturated rings. The van der Waals surface area contributed by atoms with Crippen molar-refractivity contribution in [2.45, 2.75) is 44.6 Å². The summed E-state index contributed by atoms with van der Waals surface area (Å²) in [7, 11) is 0. The Morgan fingerprint density at radius 3 is 2.63 bits per heavy atom. The van der Waals surface area contributed by atoms with E-state index in [9.17, 15) is 9.59 Å². The molecule has 2 aromatic rings. The molecule has 0 saturated heterocycles. The van der Waals surface area contributed by atoms with Gasteiger partial charge in [0.25, 0.3) is 6.41 Å². The van der Waals surface area contributed by atoms with Gasteiger partial charge in [-0.25, -0.2) is 9.97 Å². The molecule has 0 spiro atoms. The smallest absolute Gasteiger partial charge is 0.324 e. The maximum Gasteiger partial charge on any atom is 0.324 e. The van der Waals surface area contributed by atoms with E-state index in [0.29, 0.717) is 29.9 Å². The molecule has 10 nitrogen and oxygen atoms in total. The Hall–Kier alpha value is -3.55. The van der Waals surface area contributed by atoms with Crippen LogP contribution >= 0.6 is 0 Å². The summed E-state index contributed by atoms with van der Waals surface area (Å²) in [5.41, 5.74) is 12.5. The van der Waals surface area contributed by atoms with Gasteiger partial charge in [-0.3, -0.25) is 15.3 Å². The molecule has 156 valence electrons. The first-order valence-electron chi connectivity index (χ1n) is 9.36. The maximum absolute atomic E-state index is 12.5. The van der Waals surface area contributed by atoms with Gasteiger partial charge in [-0.1, -0.05) is 19.4 Å². The minimum absolute atomic E-state index is 0.199. The zero-order valence-electron chi connectivity index (χ0n) is 16.3. The van der Waals surface area contributed by atoms with E-state index in [1.165, 1.54) is 12.4 Å². The number of nitrogens with zero attached hydrogens (tertiary/aromatic N) is 3. The van der Waals surface area contributed by atoms with E-state index in [-0.39, 0.29) is 17.8 Å². The third kappa shape index (κ3) is 4.89. The second kappa shape index (κ2) is 9.30. The third-order valence-electron chi connectivity index (χ3n) is 4.46. The van der Waals surface area contributed by atoms with Crippen LogP contribution in [-0.4, -0.2) is 28.3 Å². The van der Waals surface area contributed by atoms with Gasteiger partial charge in [-0.05, 0) is 24.1 Å². The van der Waals surface area contributed by atoms with Crippen molar-refractivity contribution in [3.8, 4) is 17.6 Å². The van der Waals surface area contributed by atoms with Crippen molar-refractivity contribution in [2.75, 3.05) is 0 Å². The number of esters is 2. The number of fused-ring (bicyclic) bond motifs is 1. The number of carbonyl (C=O) groups excluding carboxylic acids is 2. The average molecular weight is 411 g/mol. The number of aromatic nitrogens is 2. The normalized spacial score (nSPS) is 16.4. The molecular formula is C20H21N5O5. The fraction of sp³-hybridized carbons (Fsp3) is 0.350. The van der Waals surface area contributed by atoms with Gasteiger partial charge >= 0.3 is 11.9 Å². The number of rotatable bonds is 7. The Morgan fingerprint density at radius 1 is 1.27 bits per heavy atom. The second-order valence-electron chi connectivity index (χ2n) is 6.70. The Bertz CT molecular complexity index is 973. The Balaban J connectivity index is 1.63. The van der Waals surface area contributed by atoms with E-state index in [1.807, 2.05) is 13.0 Å². The number of hydrogen-bond donors (Lipinski definition) is 2. The lowest BCUT2D eigenvalue weighted by atomic mass is 10.0. The molecule has 3 atom stereocenters. The topological polar surface area (TPSA) is 163 Å². The summed E-state index contributed by atoms with van der Waals surface area (Å²) in [4.78, 5) is 32.9. The Morgan fingerprint density at radius 2 is 1.97 bits per heavy atom. The molecule has 0 bridgehead atoms. The van der Waals surface area contributed by atoms with Gasteiger partial charge in [0.05, 0.1) is 12.0 Å². The molecule has 0 saturated carbocycles. The number of nitrogens with two attached hydrogens (primary N) is 2. The highest BCUT2D eigenvalue weighted by Gasteiger charge is 2.28. The van der Waals surface area contributed by atoms with E-state index in [1.54, 1.807) is 18.2 Å². The standard InChI is InChI=1S/C20H21N5O5/c1-2-3-13(18-24-9-11(8-21)10-25-18)19(27)30-17(26)7-14(22)12-4-5-15-16(6-12)29-20(23)28-15/h4-6,9-10,13-14,20H,2-3,7,22-23H2,1H3. The predicted octanol–water partition coefficient (Wildman–Crippen LogP) is 1.41. The van der Waals surface area contributed by atoms with Gasteiger partial charge in [0.15, 0.2) is 11.5 Å². The van der Waals surface area contributed by atoms with Crippen molar-refractivity contribution in [2.24, 2.45) is 11.5 Å². The number of hydrogen-bond acceptors (Lipinski definition) is 10. The molecule has 0 aliphatic carbocycles. The lowest BCUT2D eigenvalue weighted by Crippen LogP contribution is -2.28. The highest BCUT2D eigenvalue weighted by Crippen LogP contribution is 2.35. The quantitative estimate of drug-likeness (QED) is 0.503. The molecule has 3 unspecified atom stereocenters. The van der Waals surface area contributed by atoms with Crippen molar-refractivity contribution >= 4 is 11.9 Å². The lowest BCUT2D eigenvalue weighted by Gasteiger charge is -2.15. The average Bonchev–Trinajstić information content (AvgIpc) is 3.11. The second-order valence-corrected chi connectivity index (χ2v) is 6.70. The Labute approximate surface area is 172 Å². The molecule has 3 rings (SSSR count). The fourth-order valence-electron chi connectivity index (χ4n) is 2.96. The van der Waals surface area contributed by atoms with Gasteiger partial charge < -0.3 is 19.9 Å². The number of nitriles is 1. The molecule has 0 amide bonds. The number of ether oxygens (including phenoxy) is 3. The van der Waals surface area contributed by atoms with Crippen LogP contribution in [0.25, 0.3) is 0 Å². The molecule has 30 heavy (non-hydrogen) atoms. The largest absolute Gasteiger partial charge is 0.438 e. The molecule has 10 heteroatoms. The van der Waals surface area contributed by atoms with Gasteiger partial charge in [0.2, 0.25) is 0 Å². The number of carbonyl (C=O) groups is 2. The summed E-state index contributed by atoms with van der Waals surface area (Å²) in [5, 5.41) is 8.84. The van der Waals surface area contributed by atoms with Gasteiger partial charge in [0, 0.05) is 18.4 Å². The van der Waals surface area contributed by atoms with E-state index in [4.69, 9.17) is 30.9 Å². The minimum atomic E-state index is -0.881. The Kier molecular flexibility index (Phi) is 6.56. The van der Waals surface area contributed by atoms with Crippen LogP contribution in [0.1, 0.15) is 55.1 Å². The van der Waals surface area contributed by atoms with Crippen LogP contribution in [0.2, 0.25) is 0 Å². The molecule has 2 heterocycles. The van der Waals surface area contributed by atoms with Crippen LogP contribution in [-0.2, 0) is 14.3 Å².